The van der Waals surface area contributed by atoms with Gasteiger partial charge in [0.25, 0.3) is 0 Å². The second-order valence-electron chi connectivity index (χ2n) is 10.0. The van der Waals surface area contributed by atoms with E-state index in [2.05, 4.69) is 63.0 Å². The minimum atomic E-state index is -0.121. The first-order valence-electron chi connectivity index (χ1n) is 10.3. The standard InChI is InChI=1S/C22H33N5O2/c1-14-12-17(26-29-14)24-19(28)15-8-10-27(11-9-15)18-13-16(21(2,3)4)23-20(25-18)22(5,6)7/h12-13,15H,8-11H2,1-7H3,(H,24,26,28). The summed E-state index contributed by atoms with van der Waals surface area (Å²) < 4.78 is 5.02. The van der Waals surface area contributed by atoms with Crippen LogP contribution in [0.15, 0.2) is 16.7 Å². The van der Waals surface area contributed by atoms with Crippen molar-refractivity contribution in [3.05, 3.63) is 29.4 Å². The first kappa shape index (κ1) is 21.3. The zero-order valence-electron chi connectivity index (χ0n) is 18.7. The van der Waals surface area contributed by atoms with Gasteiger partial charge in [0.1, 0.15) is 17.4 Å². The molecule has 0 spiro atoms. The quantitative estimate of drug-likeness (QED) is 0.832. The van der Waals surface area contributed by atoms with Gasteiger partial charge in [-0.25, -0.2) is 9.97 Å². The first-order valence-corrected chi connectivity index (χ1v) is 10.3. The lowest BCUT2D eigenvalue weighted by atomic mass is 9.89. The monoisotopic (exact) mass is 399 g/mol. The van der Waals surface area contributed by atoms with Crippen LogP contribution in [0.5, 0.6) is 0 Å². The Morgan fingerprint density at radius 3 is 2.24 bits per heavy atom. The third kappa shape index (κ3) is 5.14. The van der Waals surface area contributed by atoms with Gasteiger partial charge in [0.05, 0.1) is 5.69 Å². The third-order valence-electron chi connectivity index (χ3n) is 5.22. The highest BCUT2D eigenvalue weighted by atomic mass is 16.5. The smallest absolute Gasteiger partial charge is 0.228 e. The second kappa shape index (κ2) is 7.76. The lowest BCUT2D eigenvalue weighted by molar-refractivity contribution is -0.120. The second-order valence-corrected chi connectivity index (χ2v) is 10.0. The summed E-state index contributed by atoms with van der Waals surface area (Å²) in [5, 5.41) is 6.70. The molecule has 3 rings (SSSR count). The van der Waals surface area contributed by atoms with Crippen molar-refractivity contribution in [2.45, 2.75) is 72.1 Å². The maximum absolute atomic E-state index is 12.6. The molecule has 0 radical (unpaired) electrons. The average molecular weight is 400 g/mol. The first-order chi connectivity index (χ1) is 13.4. The van der Waals surface area contributed by atoms with Gasteiger partial charge in [-0.1, -0.05) is 46.7 Å². The maximum atomic E-state index is 12.6. The Labute approximate surface area is 173 Å². The van der Waals surface area contributed by atoms with Crippen LogP contribution in [-0.2, 0) is 15.6 Å². The van der Waals surface area contributed by atoms with Crippen molar-refractivity contribution in [2.75, 3.05) is 23.3 Å². The zero-order chi connectivity index (χ0) is 21.4. The van der Waals surface area contributed by atoms with Crippen LogP contribution in [0, 0.1) is 12.8 Å². The molecule has 158 valence electrons. The number of carbonyl (C=O) groups is 1. The Bertz CT molecular complexity index is 836. The number of piperidine rings is 1. The molecule has 0 aliphatic carbocycles. The van der Waals surface area contributed by atoms with Crippen molar-refractivity contribution in [3.63, 3.8) is 0 Å². The fourth-order valence-electron chi connectivity index (χ4n) is 3.34. The molecule has 1 aliphatic heterocycles. The van der Waals surface area contributed by atoms with Crippen LogP contribution in [0.1, 0.15) is 71.7 Å². The van der Waals surface area contributed by atoms with E-state index < -0.39 is 0 Å². The van der Waals surface area contributed by atoms with E-state index in [9.17, 15) is 4.79 Å². The molecule has 0 saturated carbocycles. The van der Waals surface area contributed by atoms with Gasteiger partial charge >= 0.3 is 0 Å². The highest BCUT2D eigenvalue weighted by Crippen LogP contribution is 2.30. The Kier molecular flexibility index (Phi) is 5.70. The number of aryl methyl sites for hydroxylation is 1. The number of nitrogens with zero attached hydrogens (tertiary/aromatic N) is 4. The van der Waals surface area contributed by atoms with E-state index in [0.717, 1.165) is 43.3 Å². The summed E-state index contributed by atoms with van der Waals surface area (Å²) >= 11 is 0. The lowest BCUT2D eigenvalue weighted by Gasteiger charge is -2.33. The van der Waals surface area contributed by atoms with Gasteiger partial charge in [-0.2, -0.15) is 0 Å². The molecule has 1 amide bonds. The predicted octanol–water partition coefficient (Wildman–Crippen LogP) is 4.22. The number of hydrogen-bond donors (Lipinski definition) is 1. The van der Waals surface area contributed by atoms with E-state index in [4.69, 9.17) is 14.5 Å². The number of carbonyl (C=O) groups excluding carboxylic acids is 1. The van der Waals surface area contributed by atoms with Gasteiger partial charge in [0.15, 0.2) is 5.82 Å². The summed E-state index contributed by atoms with van der Waals surface area (Å²) in [6.07, 6.45) is 1.56. The summed E-state index contributed by atoms with van der Waals surface area (Å²) in [5.41, 5.74) is 0.879. The largest absolute Gasteiger partial charge is 0.360 e. The van der Waals surface area contributed by atoms with Gasteiger partial charge in [-0.3, -0.25) is 4.79 Å². The Morgan fingerprint density at radius 1 is 1.07 bits per heavy atom. The van der Waals surface area contributed by atoms with E-state index in [1.165, 1.54) is 0 Å². The van der Waals surface area contributed by atoms with Crippen LogP contribution >= 0.6 is 0 Å². The van der Waals surface area contributed by atoms with Gasteiger partial charge in [0, 0.05) is 42.0 Å². The van der Waals surface area contributed by atoms with Gasteiger partial charge < -0.3 is 14.7 Å². The van der Waals surface area contributed by atoms with Crippen LogP contribution in [0.4, 0.5) is 11.6 Å². The molecule has 0 bridgehead atoms. The average Bonchev–Trinajstić information content (AvgIpc) is 3.04. The SMILES string of the molecule is Cc1cc(NC(=O)C2CCN(c3cc(C(C)(C)C)nc(C(C)(C)C)n3)CC2)no1. The fourth-order valence-corrected chi connectivity index (χ4v) is 3.34. The summed E-state index contributed by atoms with van der Waals surface area (Å²) in [4.78, 5) is 24.5. The summed E-state index contributed by atoms with van der Waals surface area (Å²) in [7, 11) is 0. The number of rotatable bonds is 3. The predicted molar refractivity (Wildman–Crippen MR) is 114 cm³/mol. The Balaban J connectivity index is 1.72. The molecule has 1 aliphatic rings. The van der Waals surface area contributed by atoms with Crippen LogP contribution in [0.25, 0.3) is 0 Å². The van der Waals surface area contributed by atoms with Crippen molar-refractivity contribution in [3.8, 4) is 0 Å². The van der Waals surface area contributed by atoms with E-state index in [1.54, 1.807) is 13.0 Å². The summed E-state index contributed by atoms with van der Waals surface area (Å²) in [6, 6.07) is 3.84. The normalized spacial score (nSPS) is 16.2. The molecule has 1 N–H and O–H groups in total. The highest BCUT2D eigenvalue weighted by Gasteiger charge is 2.29. The Morgan fingerprint density at radius 2 is 1.72 bits per heavy atom. The van der Waals surface area contributed by atoms with Crippen LogP contribution in [0.2, 0.25) is 0 Å². The number of nitrogens with one attached hydrogen (secondary N) is 1. The third-order valence-corrected chi connectivity index (χ3v) is 5.22. The van der Waals surface area contributed by atoms with Crippen molar-refractivity contribution < 1.29 is 9.32 Å². The minimum Gasteiger partial charge on any atom is -0.360 e. The molecular weight excluding hydrogens is 366 g/mol. The van der Waals surface area contributed by atoms with Gasteiger partial charge in [-0.05, 0) is 19.8 Å². The molecule has 1 fully saturated rings. The maximum Gasteiger partial charge on any atom is 0.228 e. The lowest BCUT2D eigenvalue weighted by Crippen LogP contribution is -2.39. The topological polar surface area (TPSA) is 84.2 Å². The van der Waals surface area contributed by atoms with Crippen molar-refractivity contribution in [1.82, 2.24) is 15.1 Å². The van der Waals surface area contributed by atoms with Crippen molar-refractivity contribution in [2.24, 2.45) is 5.92 Å². The number of anilines is 2. The zero-order valence-corrected chi connectivity index (χ0v) is 18.7. The molecule has 0 unspecified atom stereocenters. The van der Waals surface area contributed by atoms with E-state index >= 15 is 0 Å². The van der Waals surface area contributed by atoms with Gasteiger partial charge in [0.2, 0.25) is 5.91 Å². The van der Waals surface area contributed by atoms with Crippen molar-refractivity contribution in [1.29, 1.82) is 0 Å². The molecule has 2 aromatic heterocycles. The van der Waals surface area contributed by atoms with E-state index in [1.807, 2.05) is 0 Å². The van der Waals surface area contributed by atoms with E-state index in [-0.39, 0.29) is 22.7 Å². The molecule has 3 heterocycles. The molecule has 29 heavy (non-hydrogen) atoms. The molecular formula is C22H33N5O2. The molecule has 0 atom stereocenters. The molecule has 2 aromatic rings. The van der Waals surface area contributed by atoms with Gasteiger partial charge in [-0.15, -0.1) is 0 Å². The molecule has 0 aromatic carbocycles. The fraction of sp³-hybridized carbons (Fsp3) is 0.636. The van der Waals surface area contributed by atoms with Crippen LogP contribution in [-0.4, -0.2) is 34.1 Å². The molecule has 1 saturated heterocycles. The highest BCUT2D eigenvalue weighted by molar-refractivity contribution is 5.91. The molecule has 7 heteroatoms. The van der Waals surface area contributed by atoms with E-state index in [0.29, 0.717) is 11.6 Å². The number of hydrogen-bond acceptors (Lipinski definition) is 6. The summed E-state index contributed by atoms with van der Waals surface area (Å²) in [6.45, 7) is 16.3. The number of amides is 1. The van der Waals surface area contributed by atoms with Crippen molar-refractivity contribution >= 4 is 17.5 Å². The summed E-state index contributed by atoms with van der Waals surface area (Å²) in [5.74, 6) is 2.96. The Hall–Kier alpha value is -2.44. The van der Waals surface area contributed by atoms with Crippen LogP contribution < -0.4 is 10.2 Å². The van der Waals surface area contributed by atoms with Crippen LogP contribution in [0.3, 0.4) is 0 Å². The minimum absolute atomic E-state index is 0.00592. The molecule has 7 nitrogen and oxygen atoms in total. The number of aromatic nitrogens is 3.